The lowest BCUT2D eigenvalue weighted by atomic mass is 9.92. The number of carbonyl (C=O) groups excluding carboxylic acids is 1. The van der Waals surface area contributed by atoms with Crippen LogP contribution in [0.15, 0.2) is 42.5 Å². The zero-order chi connectivity index (χ0) is 11.5. The number of hydrogen-bond donors (Lipinski definition) is 1. The number of benzene rings is 1. The van der Waals surface area contributed by atoms with Crippen LogP contribution in [0.2, 0.25) is 0 Å². The molecule has 80 valence electrons. The molecule has 3 heteroatoms. The molecule has 2 rings (SSSR count). The van der Waals surface area contributed by atoms with Gasteiger partial charge in [-0.15, -0.1) is 0 Å². The number of ketones is 1. The van der Waals surface area contributed by atoms with E-state index in [2.05, 4.69) is 0 Å². The minimum Gasteiger partial charge on any atom is -0.478 e. The second-order valence-electron chi connectivity index (χ2n) is 3.49. The summed E-state index contributed by atoms with van der Waals surface area (Å²) in [7, 11) is 0. The molecule has 0 bridgehead atoms. The molecule has 1 N–H and O–H groups in total. The Morgan fingerprint density at radius 2 is 2.00 bits per heavy atom. The largest absolute Gasteiger partial charge is 0.478 e. The first-order valence-corrected chi connectivity index (χ1v) is 4.93. The maximum atomic E-state index is 11.7. The second-order valence-corrected chi connectivity index (χ2v) is 3.49. The Kier molecular flexibility index (Phi) is 2.68. The van der Waals surface area contributed by atoms with Crippen molar-refractivity contribution in [2.45, 2.75) is 6.42 Å². The zero-order valence-electron chi connectivity index (χ0n) is 8.51. The Bertz CT molecular complexity index is 510. The lowest BCUT2D eigenvalue weighted by Crippen LogP contribution is -2.08. The highest BCUT2D eigenvalue weighted by atomic mass is 16.4. The molecule has 0 saturated heterocycles. The van der Waals surface area contributed by atoms with Crippen LogP contribution in [0.25, 0.3) is 5.57 Å². The van der Waals surface area contributed by atoms with Gasteiger partial charge in [-0.05, 0) is 11.6 Å². The van der Waals surface area contributed by atoms with Gasteiger partial charge in [0.1, 0.15) is 0 Å². The van der Waals surface area contributed by atoms with Gasteiger partial charge >= 0.3 is 5.97 Å². The Balaban J connectivity index is 2.55. The van der Waals surface area contributed by atoms with Crippen molar-refractivity contribution in [3.8, 4) is 0 Å². The van der Waals surface area contributed by atoms with Crippen LogP contribution in [0.3, 0.4) is 0 Å². The number of carbonyl (C=O) groups is 2. The zero-order valence-corrected chi connectivity index (χ0v) is 8.51. The third kappa shape index (κ3) is 1.80. The van der Waals surface area contributed by atoms with Gasteiger partial charge in [0, 0.05) is 12.0 Å². The van der Waals surface area contributed by atoms with Crippen LogP contribution >= 0.6 is 0 Å². The molecule has 0 unspecified atom stereocenters. The van der Waals surface area contributed by atoms with Gasteiger partial charge in [-0.3, -0.25) is 4.79 Å². The lowest BCUT2D eigenvalue weighted by Gasteiger charge is -2.10. The molecule has 0 fully saturated rings. The summed E-state index contributed by atoms with van der Waals surface area (Å²) in [5.41, 5.74) is 1.13. The smallest absolute Gasteiger partial charge is 0.336 e. The van der Waals surface area contributed by atoms with Crippen LogP contribution in [-0.4, -0.2) is 16.9 Å². The van der Waals surface area contributed by atoms with Crippen LogP contribution in [0.1, 0.15) is 22.3 Å². The molecule has 0 radical (unpaired) electrons. The minimum absolute atomic E-state index is 0.0452. The van der Waals surface area contributed by atoms with E-state index in [0.717, 1.165) is 0 Å². The van der Waals surface area contributed by atoms with Crippen LogP contribution < -0.4 is 0 Å². The first-order chi connectivity index (χ1) is 7.70. The number of rotatable bonds is 2. The van der Waals surface area contributed by atoms with E-state index in [9.17, 15) is 9.59 Å². The van der Waals surface area contributed by atoms with Crippen LogP contribution in [0.4, 0.5) is 0 Å². The summed E-state index contributed by atoms with van der Waals surface area (Å²) in [5.74, 6) is -1.06. The van der Waals surface area contributed by atoms with E-state index in [-0.39, 0.29) is 11.3 Å². The third-order valence-electron chi connectivity index (χ3n) is 2.45. The average Bonchev–Trinajstić information content (AvgIpc) is 2.29. The fourth-order valence-corrected chi connectivity index (χ4v) is 1.69. The molecule has 0 amide bonds. The number of allylic oxidation sites excluding steroid dienone is 4. The number of hydrogen-bond acceptors (Lipinski definition) is 2. The second kappa shape index (κ2) is 4.14. The fraction of sp³-hybridized carbons (Fsp3) is 0.0769. The van der Waals surface area contributed by atoms with Crippen LogP contribution in [0, 0.1) is 0 Å². The van der Waals surface area contributed by atoms with E-state index >= 15 is 0 Å². The minimum atomic E-state index is -1.01. The molecule has 1 aromatic rings. The summed E-state index contributed by atoms with van der Waals surface area (Å²) in [5, 5.41) is 9.03. The third-order valence-corrected chi connectivity index (χ3v) is 2.45. The summed E-state index contributed by atoms with van der Waals surface area (Å²) in [6.07, 6.45) is 5.53. The molecule has 1 aliphatic carbocycles. The van der Waals surface area contributed by atoms with Crippen molar-refractivity contribution in [1.29, 1.82) is 0 Å². The Labute approximate surface area is 92.7 Å². The monoisotopic (exact) mass is 214 g/mol. The predicted octanol–water partition coefficient (Wildman–Crippen LogP) is 2.30. The molecule has 1 aromatic carbocycles. The average molecular weight is 214 g/mol. The molecule has 0 heterocycles. The molecular weight excluding hydrogens is 204 g/mol. The van der Waals surface area contributed by atoms with Gasteiger partial charge in [0.2, 0.25) is 0 Å². The molecule has 0 spiro atoms. The Morgan fingerprint density at radius 1 is 1.25 bits per heavy atom. The SMILES string of the molecule is O=C1CC=CC=C1c1ccccc1C(=O)O. The molecule has 0 aromatic heterocycles. The molecule has 0 atom stereocenters. The molecular formula is C13H10O3. The highest BCUT2D eigenvalue weighted by Crippen LogP contribution is 2.23. The summed E-state index contributed by atoms with van der Waals surface area (Å²) in [4.78, 5) is 22.7. The van der Waals surface area contributed by atoms with E-state index in [1.54, 1.807) is 36.4 Å². The van der Waals surface area contributed by atoms with E-state index < -0.39 is 5.97 Å². The Morgan fingerprint density at radius 3 is 2.69 bits per heavy atom. The maximum Gasteiger partial charge on any atom is 0.336 e. The van der Waals surface area contributed by atoms with Gasteiger partial charge in [0.05, 0.1) is 5.56 Å². The summed E-state index contributed by atoms with van der Waals surface area (Å²) >= 11 is 0. The molecule has 16 heavy (non-hydrogen) atoms. The lowest BCUT2D eigenvalue weighted by molar-refractivity contribution is -0.113. The normalized spacial score (nSPS) is 14.8. The standard InChI is InChI=1S/C13H10O3/c14-12-8-4-3-6-10(12)9-5-1-2-7-11(9)13(15)16/h1-7H,8H2,(H,15,16). The fourth-order valence-electron chi connectivity index (χ4n) is 1.69. The molecule has 0 saturated carbocycles. The van der Waals surface area contributed by atoms with Crippen molar-refractivity contribution in [3.63, 3.8) is 0 Å². The molecule has 3 nitrogen and oxygen atoms in total. The maximum absolute atomic E-state index is 11.7. The van der Waals surface area contributed by atoms with Gasteiger partial charge in [0.15, 0.2) is 5.78 Å². The number of carboxylic acids is 1. The van der Waals surface area contributed by atoms with Crippen molar-refractivity contribution in [2.24, 2.45) is 0 Å². The summed E-state index contributed by atoms with van der Waals surface area (Å²) < 4.78 is 0. The van der Waals surface area contributed by atoms with Gasteiger partial charge in [-0.2, -0.15) is 0 Å². The van der Waals surface area contributed by atoms with E-state index in [1.165, 1.54) is 6.07 Å². The van der Waals surface area contributed by atoms with Crippen molar-refractivity contribution < 1.29 is 14.7 Å². The Hall–Kier alpha value is -2.16. The van der Waals surface area contributed by atoms with Gasteiger partial charge < -0.3 is 5.11 Å². The first kappa shape index (κ1) is 10.4. The quantitative estimate of drug-likeness (QED) is 0.821. The number of Topliss-reactive ketones (excluding diaryl/α,β-unsaturated/α-hetero) is 1. The molecule has 1 aliphatic rings. The number of aromatic carboxylic acids is 1. The number of carboxylic acid groups (broad SMARTS) is 1. The van der Waals surface area contributed by atoms with E-state index in [0.29, 0.717) is 17.6 Å². The highest BCUT2D eigenvalue weighted by molar-refractivity contribution is 6.24. The molecule has 0 aliphatic heterocycles. The van der Waals surface area contributed by atoms with Gasteiger partial charge in [0.25, 0.3) is 0 Å². The van der Waals surface area contributed by atoms with Crippen molar-refractivity contribution in [2.75, 3.05) is 0 Å². The van der Waals surface area contributed by atoms with Crippen LogP contribution in [0.5, 0.6) is 0 Å². The van der Waals surface area contributed by atoms with Gasteiger partial charge in [-0.25, -0.2) is 4.79 Å². The van der Waals surface area contributed by atoms with Gasteiger partial charge in [-0.1, -0.05) is 36.4 Å². The van der Waals surface area contributed by atoms with Crippen molar-refractivity contribution >= 4 is 17.3 Å². The summed E-state index contributed by atoms with van der Waals surface area (Å²) in [6, 6.07) is 6.54. The van der Waals surface area contributed by atoms with Crippen molar-refractivity contribution in [3.05, 3.63) is 53.6 Å². The predicted molar refractivity (Wildman–Crippen MR) is 60.1 cm³/mol. The highest BCUT2D eigenvalue weighted by Gasteiger charge is 2.18. The first-order valence-electron chi connectivity index (χ1n) is 4.93. The topological polar surface area (TPSA) is 54.4 Å². The van der Waals surface area contributed by atoms with Crippen LogP contribution in [-0.2, 0) is 4.79 Å². The van der Waals surface area contributed by atoms with E-state index in [1.807, 2.05) is 0 Å². The van der Waals surface area contributed by atoms with Crippen molar-refractivity contribution in [1.82, 2.24) is 0 Å². The summed E-state index contributed by atoms with van der Waals surface area (Å²) in [6.45, 7) is 0. The van der Waals surface area contributed by atoms with E-state index in [4.69, 9.17) is 5.11 Å².